The second-order valence-electron chi connectivity index (χ2n) is 5.01. The molecule has 1 atom stereocenters. The van der Waals surface area contributed by atoms with Gasteiger partial charge in [0.2, 0.25) is 10.0 Å². The largest absolute Gasteiger partial charge is 0.379 e. The first-order chi connectivity index (χ1) is 9.92. The number of aryl methyl sites for hydroxylation is 1. The molecule has 4 nitrogen and oxygen atoms in total. The van der Waals surface area contributed by atoms with E-state index < -0.39 is 10.0 Å². The van der Waals surface area contributed by atoms with Crippen LogP contribution in [0, 0.1) is 6.92 Å². The summed E-state index contributed by atoms with van der Waals surface area (Å²) < 4.78 is 25.6. The van der Waals surface area contributed by atoms with Crippen LogP contribution in [0.25, 0.3) is 0 Å². The van der Waals surface area contributed by atoms with Crippen LogP contribution < -0.4 is 10.0 Å². The van der Waals surface area contributed by atoms with Crippen LogP contribution in [0.2, 0.25) is 0 Å². The van der Waals surface area contributed by atoms with Gasteiger partial charge >= 0.3 is 0 Å². The van der Waals surface area contributed by atoms with Crippen molar-refractivity contribution in [3.63, 3.8) is 0 Å². The second kappa shape index (κ2) is 6.28. The summed E-state index contributed by atoms with van der Waals surface area (Å²) in [5, 5.41) is 3.36. The van der Waals surface area contributed by atoms with Crippen molar-refractivity contribution in [2.45, 2.75) is 24.8 Å². The van der Waals surface area contributed by atoms with E-state index in [-0.39, 0.29) is 10.9 Å². The van der Waals surface area contributed by atoms with Gasteiger partial charge in [-0.2, -0.15) is 0 Å². The molecule has 2 aromatic rings. The van der Waals surface area contributed by atoms with E-state index in [2.05, 4.69) is 48.2 Å². The molecule has 0 heterocycles. The quantitative estimate of drug-likeness (QED) is 0.892. The van der Waals surface area contributed by atoms with Crippen LogP contribution in [0.15, 0.2) is 53.4 Å². The molecule has 5 heteroatoms. The highest BCUT2D eigenvalue weighted by Gasteiger charge is 2.11. The molecular weight excluding hydrogens is 284 g/mol. The standard InChI is InChI=1S/C16H20N2O2S/c1-12-4-6-14(7-5-12)13(2)18-15-8-10-16(11-9-15)21(19,20)17-3/h4-11,13,17-18H,1-3H3. The third kappa shape index (κ3) is 3.83. The SMILES string of the molecule is CNS(=O)(=O)c1ccc(NC(C)c2ccc(C)cc2)cc1. The number of hydrogen-bond donors (Lipinski definition) is 2. The van der Waals surface area contributed by atoms with E-state index in [9.17, 15) is 8.42 Å². The molecule has 2 rings (SSSR count). The molecule has 1 unspecified atom stereocenters. The Kier molecular flexibility index (Phi) is 4.65. The topological polar surface area (TPSA) is 58.2 Å². The van der Waals surface area contributed by atoms with Gasteiger partial charge in [-0.25, -0.2) is 13.1 Å². The van der Waals surface area contributed by atoms with Gasteiger partial charge in [0, 0.05) is 11.7 Å². The predicted octanol–water partition coefficient (Wildman–Crippen LogP) is 3.08. The average Bonchev–Trinajstić information content (AvgIpc) is 2.48. The van der Waals surface area contributed by atoms with Gasteiger partial charge in [0.15, 0.2) is 0 Å². The van der Waals surface area contributed by atoms with Gasteiger partial charge in [0.25, 0.3) is 0 Å². The molecular formula is C16H20N2O2S. The fourth-order valence-electron chi connectivity index (χ4n) is 2.04. The van der Waals surface area contributed by atoms with Crippen molar-refractivity contribution in [1.82, 2.24) is 4.72 Å². The minimum Gasteiger partial charge on any atom is -0.379 e. The van der Waals surface area contributed by atoms with Crippen LogP contribution in [-0.2, 0) is 10.0 Å². The average molecular weight is 304 g/mol. The molecule has 0 aliphatic rings. The first kappa shape index (κ1) is 15.5. The van der Waals surface area contributed by atoms with Crippen LogP contribution in [0.4, 0.5) is 5.69 Å². The molecule has 0 amide bonds. The Labute approximate surface area is 126 Å². The van der Waals surface area contributed by atoms with Crippen LogP contribution >= 0.6 is 0 Å². The minimum absolute atomic E-state index is 0.150. The lowest BCUT2D eigenvalue weighted by molar-refractivity contribution is 0.588. The van der Waals surface area contributed by atoms with Crippen molar-refractivity contribution >= 4 is 15.7 Å². The monoisotopic (exact) mass is 304 g/mol. The first-order valence-electron chi connectivity index (χ1n) is 6.79. The highest BCUT2D eigenvalue weighted by Crippen LogP contribution is 2.21. The molecule has 2 aromatic carbocycles. The van der Waals surface area contributed by atoms with Gasteiger partial charge in [-0.15, -0.1) is 0 Å². The minimum atomic E-state index is -3.38. The van der Waals surface area contributed by atoms with Gasteiger partial charge in [-0.05, 0) is 50.7 Å². The Bertz CT molecular complexity index is 692. The summed E-state index contributed by atoms with van der Waals surface area (Å²) in [7, 11) is -1.97. The smallest absolute Gasteiger partial charge is 0.240 e. The molecule has 112 valence electrons. The first-order valence-corrected chi connectivity index (χ1v) is 8.27. The lowest BCUT2D eigenvalue weighted by Crippen LogP contribution is -2.18. The van der Waals surface area contributed by atoms with Gasteiger partial charge in [-0.3, -0.25) is 0 Å². The summed E-state index contributed by atoms with van der Waals surface area (Å²) in [6, 6.07) is 15.2. The highest BCUT2D eigenvalue weighted by atomic mass is 32.2. The maximum atomic E-state index is 11.7. The molecule has 0 saturated carbocycles. The lowest BCUT2D eigenvalue weighted by Gasteiger charge is -2.16. The summed E-state index contributed by atoms with van der Waals surface area (Å²) >= 11 is 0. The fourth-order valence-corrected chi connectivity index (χ4v) is 2.77. The molecule has 0 fully saturated rings. The zero-order chi connectivity index (χ0) is 15.5. The summed E-state index contributed by atoms with van der Waals surface area (Å²) in [6.45, 7) is 4.13. The third-order valence-corrected chi connectivity index (χ3v) is 4.82. The fraction of sp³-hybridized carbons (Fsp3) is 0.250. The number of benzene rings is 2. The number of nitrogens with one attached hydrogen (secondary N) is 2. The van der Waals surface area contributed by atoms with Crippen LogP contribution in [0.3, 0.4) is 0 Å². The third-order valence-electron chi connectivity index (χ3n) is 3.39. The summed E-state index contributed by atoms with van der Waals surface area (Å²) in [5.74, 6) is 0. The highest BCUT2D eigenvalue weighted by molar-refractivity contribution is 7.89. The summed E-state index contributed by atoms with van der Waals surface area (Å²) in [4.78, 5) is 0.263. The van der Waals surface area contributed by atoms with Crippen LogP contribution in [0.5, 0.6) is 0 Å². The van der Waals surface area contributed by atoms with Gasteiger partial charge in [-0.1, -0.05) is 29.8 Å². The Hall–Kier alpha value is -1.85. The van der Waals surface area contributed by atoms with E-state index in [0.717, 1.165) is 5.69 Å². The van der Waals surface area contributed by atoms with Crippen molar-refractivity contribution in [3.8, 4) is 0 Å². The number of anilines is 1. The Morgan fingerprint density at radius 1 is 0.952 bits per heavy atom. The zero-order valence-corrected chi connectivity index (χ0v) is 13.2. The van der Waals surface area contributed by atoms with E-state index in [1.54, 1.807) is 24.3 Å². The Balaban J connectivity index is 2.11. The number of sulfonamides is 1. The molecule has 0 bridgehead atoms. The molecule has 0 aliphatic carbocycles. The maximum Gasteiger partial charge on any atom is 0.240 e. The van der Waals surface area contributed by atoms with E-state index >= 15 is 0 Å². The van der Waals surface area contributed by atoms with Crippen molar-refractivity contribution in [1.29, 1.82) is 0 Å². The Morgan fingerprint density at radius 2 is 1.52 bits per heavy atom. The number of rotatable bonds is 5. The normalized spacial score (nSPS) is 12.9. The van der Waals surface area contributed by atoms with Gasteiger partial charge in [0.1, 0.15) is 0 Å². The van der Waals surface area contributed by atoms with E-state index in [0.29, 0.717) is 0 Å². The van der Waals surface area contributed by atoms with Crippen molar-refractivity contribution < 1.29 is 8.42 Å². The van der Waals surface area contributed by atoms with Crippen molar-refractivity contribution in [3.05, 3.63) is 59.7 Å². The lowest BCUT2D eigenvalue weighted by atomic mass is 10.1. The van der Waals surface area contributed by atoms with Crippen LogP contribution in [0.1, 0.15) is 24.1 Å². The molecule has 21 heavy (non-hydrogen) atoms. The van der Waals surface area contributed by atoms with E-state index in [1.807, 2.05) is 0 Å². The van der Waals surface area contributed by atoms with Crippen molar-refractivity contribution in [2.75, 3.05) is 12.4 Å². The Morgan fingerprint density at radius 3 is 2.05 bits per heavy atom. The van der Waals surface area contributed by atoms with Gasteiger partial charge < -0.3 is 5.32 Å². The zero-order valence-electron chi connectivity index (χ0n) is 12.4. The summed E-state index contributed by atoms with van der Waals surface area (Å²) in [6.07, 6.45) is 0. The molecule has 2 N–H and O–H groups in total. The predicted molar refractivity (Wildman–Crippen MR) is 85.9 cm³/mol. The number of hydrogen-bond acceptors (Lipinski definition) is 3. The van der Waals surface area contributed by atoms with Gasteiger partial charge in [0.05, 0.1) is 4.90 Å². The maximum absolute atomic E-state index is 11.7. The molecule has 0 aliphatic heterocycles. The second-order valence-corrected chi connectivity index (χ2v) is 6.90. The van der Waals surface area contributed by atoms with Crippen molar-refractivity contribution in [2.24, 2.45) is 0 Å². The molecule has 0 aromatic heterocycles. The van der Waals surface area contributed by atoms with E-state index in [4.69, 9.17) is 0 Å². The molecule has 0 radical (unpaired) electrons. The van der Waals surface area contributed by atoms with E-state index in [1.165, 1.54) is 18.2 Å². The summed E-state index contributed by atoms with van der Waals surface area (Å²) in [5.41, 5.74) is 3.30. The molecule has 0 spiro atoms. The molecule has 0 saturated heterocycles. The van der Waals surface area contributed by atoms with Crippen LogP contribution in [-0.4, -0.2) is 15.5 Å².